The Morgan fingerprint density at radius 2 is 2.12 bits per heavy atom. The molecule has 0 aromatic carbocycles. The van der Waals surface area contributed by atoms with Crippen molar-refractivity contribution < 1.29 is 9.84 Å². The second kappa shape index (κ2) is 3.96. The first-order valence-electron chi connectivity index (χ1n) is 6.61. The molecule has 2 bridgehead atoms. The number of fused-ring (bicyclic) bond motifs is 2. The first kappa shape index (κ1) is 12.8. The number of rotatable bonds is 4. The summed E-state index contributed by atoms with van der Waals surface area (Å²) in [7, 11) is 0. The zero-order chi connectivity index (χ0) is 12.7. The molecule has 3 atom stereocenters. The van der Waals surface area contributed by atoms with E-state index in [0.29, 0.717) is 12.3 Å². The summed E-state index contributed by atoms with van der Waals surface area (Å²) in [6, 6.07) is 0. The smallest absolute Gasteiger partial charge is 0.112 e. The van der Waals surface area contributed by atoms with Crippen LogP contribution in [0.4, 0.5) is 0 Å². The summed E-state index contributed by atoms with van der Waals surface area (Å²) >= 11 is 0. The fraction of sp³-hybridized carbons (Fsp3) is 0.733. The van der Waals surface area contributed by atoms with Gasteiger partial charge in [0.2, 0.25) is 0 Å². The quantitative estimate of drug-likeness (QED) is 0.759. The summed E-state index contributed by atoms with van der Waals surface area (Å²) in [5.41, 5.74) is -1.43. The van der Waals surface area contributed by atoms with Gasteiger partial charge in [0.1, 0.15) is 5.60 Å². The SMILES string of the molecule is C=CCC[C@]1(O)C=C[C@]2(C(C)C)CC[C@@]1(C)O2. The first-order chi connectivity index (χ1) is 7.88. The maximum Gasteiger partial charge on any atom is 0.112 e. The molecule has 0 radical (unpaired) electrons. The van der Waals surface area contributed by atoms with Crippen molar-refractivity contribution in [3.05, 3.63) is 24.8 Å². The zero-order valence-corrected chi connectivity index (χ0v) is 11.2. The highest BCUT2D eigenvalue weighted by Crippen LogP contribution is 2.53. The molecule has 0 aliphatic carbocycles. The fourth-order valence-electron chi connectivity index (χ4n) is 3.10. The third-order valence-electron chi connectivity index (χ3n) is 4.67. The number of aliphatic hydroxyl groups is 1. The normalized spacial score (nSPS) is 44.3. The minimum absolute atomic E-state index is 0.158. The molecule has 1 saturated heterocycles. The van der Waals surface area contributed by atoms with E-state index < -0.39 is 11.2 Å². The Hall–Kier alpha value is -0.600. The topological polar surface area (TPSA) is 29.5 Å². The molecule has 96 valence electrons. The molecular weight excluding hydrogens is 212 g/mol. The van der Waals surface area contributed by atoms with E-state index in [0.717, 1.165) is 19.3 Å². The van der Waals surface area contributed by atoms with E-state index in [-0.39, 0.29) is 5.60 Å². The predicted octanol–water partition coefficient (Wildman–Crippen LogP) is 3.22. The summed E-state index contributed by atoms with van der Waals surface area (Å²) in [4.78, 5) is 0. The monoisotopic (exact) mass is 236 g/mol. The van der Waals surface area contributed by atoms with Gasteiger partial charge in [-0.1, -0.05) is 32.1 Å². The Morgan fingerprint density at radius 3 is 2.71 bits per heavy atom. The minimum atomic E-state index is -0.837. The van der Waals surface area contributed by atoms with Crippen molar-refractivity contribution in [1.29, 1.82) is 0 Å². The maximum absolute atomic E-state index is 10.8. The van der Waals surface area contributed by atoms with Crippen molar-refractivity contribution in [2.75, 3.05) is 0 Å². The van der Waals surface area contributed by atoms with Crippen LogP contribution in [0.15, 0.2) is 24.8 Å². The third-order valence-corrected chi connectivity index (χ3v) is 4.67. The van der Waals surface area contributed by atoms with Gasteiger partial charge >= 0.3 is 0 Å². The van der Waals surface area contributed by atoms with Crippen LogP contribution < -0.4 is 0 Å². The van der Waals surface area contributed by atoms with E-state index >= 15 is 0 Å². The summed E-state index contributed by atoms with van der Waals surface area (Å²) in [5.74, 6) is 0.449. The van der Waals surface area contributed by atoms with Gasteiger partial charge in [0.15, 0.2) is 0 Å². The number of hydrogen-bond acceptors (Lipinski definition) is 2. The van der Waals surface area contributed by atoms with Gasteiger partial charge in [0, 0.05) is 0 Å². The van der Waals surface area contributed by atoms with Crippen LogP contribution in [0.2, 0.25) is 0 Å². The lowest BCUT2D eigenvalue weighted by Gasteiger charge is -2.46. The van der Waals surface area contributed by atoms with E-state index in [1.54, 1.807) is 0 Å². The van der Waals surface area contributed by atoms with Crippen LogP contribution in [-0.4, -0.2) is 21.9 Å². The average Bonchev–Trinajstić information content (AvgIpc) is 2.60. The van der Waals surface area contributed by atoms with Crippen LogP contribution >= 0.6 is 0 Å². The maximum atomic E-state index is 10.8. The molecule has 0 aromatic rings. The number of allylic oxidation sites excluding steroid dienone is 1. The van der Waals surface area contributed by atoms with E-state index in [9.17, 15) is 5.11 Å². The third kappa shape index (κ3) is 1.78. The van der Waals surface area contributed by atoms with Gasteiger partial charge < -0.3 is 9.84 Å². The molecule has 0 spiro atoms. The second-order valence-corrected chi connectivity index (χ2v) is 6.03. The molecule has 2 aliphatic rings. The van der Waals surface area contributed by atoms with Crippen molar-refractivity contribution in [2.24, 2.45) is 5.92 Å². The fourth-order valence-corrected chi connectivity index (χ4v) is 3.10. The lowest BCUT2D eigenvalue weighted by atomic mass is 9.78. The van der Waals surface area contributed by atoms with Crippen molar-refractivity contribution in [3.63, 3.8) is 0 Å². The van der Waals surface area contributed by atoms with Crippen LogP contribution in [0.5, 0.6) is 0 Å². The van der Waals surface area contributed by atoms with E-state index in [1.165, 1.54) is 0 Å². The summed E-state index contributed by atoms with van der Waals surface area (Å²) < 4.78 is 6.28. The Kier molecular flexibility index (Phi) is 2.99. The van der Waals surface area contributed by atoms with Gasteiger partial charge in [-0.3, -0.25) is 0 Å². The standard InChI is InChI=1S/C15H24O2/c1-5-6-7-15(16)11-10-14(12(2)3)9-8-13(15,4)17-14/h5,10-12,16H,1,6-9H2,2-4H3/t13-,14+,15+/m1/s1. The van der Waals surface area contributed by atoms with Crippen LogP contribution in [0.1, 0.15) is 46.5 Å². The van der Waals surface area contributed by atoms with Gasteiger partial charge in [-0.25, -0.2) is 0 Å². The van der Waals surface area contributed by atoms with Crippen LogP contribution in [0.3, 0.4) is 0 Å². The average molecular weight is 236 g/mol. The Labute approximate surface area is 104 Å². The zero-order valence-electron chi connectivity index (χ0n) is 11.2. The molecule has 2 aliphatic heterocycles. The van der Waals surface area contributed by atoms with Crippen molar-refractivity contribution in [1.82, 2.24) is 0 Å². The molecule has 1 N–H and O–H groups in total. The summed E-state index contributed by atoms with van der Waals surface area (Å²) in [6.45, 7) is 10.1. The predicted molar refractivity (Wildman–Crippen MR) is 69.8 cm³/mol. The highest BCUT2D eigenvalue weighted by molar-refractivity contribution is 5.26. The van der Waals surface area contributed by atoms with Crippen molar-refractivity contribution >= 4 is 0 Å². The lowest BCUT2D eigenvalue weighted by molar-refractivity contribution is -0.187. The van der Waals surface area contributed by atoms with Gasteiger partial charge in [0.25, 0.3) is 0 Å². The molecule has 0 unspecified atom stereocenters. The van der Waals surface area contributed by atoms with Crippen molar-refractivity contribution in [2.45, 2.75) is 63.3 Å². The van der Waals surface area contributed by atoms with Gasteiger partial charge in [0.05, 0.1) is 11.2 Å². The summed E-state index contributed by atoms with van der Waals surface area (Å²) in [5, 5.41) is 10.8. The first-order valence-corrected chi connectivity index (χ1v) is 6.61. The van der Waals surface area contributed by atoms with E-state index in [1.807, 2.05) is 19.1 Å². The van der Waals surface area contributed by atoms with E-state index in [4.69, 9.17) is 4.74 Å². The number of ether oxygens (including phenoxy) is 1. The van der Waals surface area contributed by atoms with Gasteiger partial charge in [-0.05, 0) is 38.5 Å². The highest BCUT2D eigenvalue weighted by Gasteiger charge is 2.59. The van der Waals surface area contributed by atoms with Gasteiger partial charge in [-0.2, -0.15) is 0 Å². The minimum Gasteiger partial charge on any atom is -0.383 e. The van der Waals surface area contributed by atoms with Gasteiger partial charge in [-0.15, -0.1) is 6.58 Å². The highest BCUT2D eigenvalue weighted by atomic mass is 16.5. The molecule has 0 amide bonds. The molecule has 2 heterocycles. The molecule has 2 rings (SSSR count). The Morgan fingerprint density at radius 1 is 1.41 bits per heavy atom. The van der Waals surface area contributed by atoms with Crippen molar-refractivity contribution in [3.8, 4) is 0 Å². The second-order valence-electron chi connectivity index (χ2n) is 6.03. The Balaban J connectivity index is 2.30. The largest absolute Gasteiger partial charge is 0.383 e. The summed E-state index contributed by atoms with van der Waals surface area (Å²) in [6.07, 6.45) is 9.36. The van der Waals surface area contributed by atoms with Crippen LogP contribution in [0, 0.1) is 5.92 Å². The Bertz CT molecular complexity index is 347. The molecule has 2 nitrogen and oxygen atoms in total. The van der Waals surface area contributed by atoms with E-state index in [2.05, 4.69) is 26.5 Å². The molecule has 0 saturated carbocycles. The lowest BCUT2D eigenvalue weighted by Crippen LogP contribution is -2.55. The molecule has 2 heteroatoms. The molecular formula is C15H24O2. The van der Waals surface area contributed by atoms with Crippen LogP contribution in [0.25, 0.3) is 0 Å². The molecule has 0 aromatic heterocycles. The van der Waals surface area contributed by atoms with Crippen LogP contribution in [-0.2, 0) is 4.74 Å². The molecule has 17 heavy (non-hydrogen) atoms. The molecule has 1 fully saturated rings. The number of hydrogen-bond donors (Lipinski definition) is 1.